The maximum atomic E-state index is 15.2. The fourth-order valence-electron chi connectivity index (χ4n) is 4.65. The average molecular weight is 536 g/mol. The molecular formula is C29H34FN5O4. The van der Waals surface area contributed by atoms with Gasteiger partial charge in [0.1, 0.15) is 29.8 Å². The second kappa shape index (κ2) is 11.1. The molecule has 206 valence electrons. The van der Waals surface area contributed by atoms with E-state index in [1.807, 2.05) is 53.1 Å². The molecule has 10 heteroatoms. The Morgan fingerprint density at radius 3 is 2.79 bits per heavy atom. The second-order valence-corrected chi connectivity index (χ2v) is 10.6. The Labute approximate surface area is 226 Å². The number of pyridine rings is 2. The molecular weight excluding hydrogens is 501 g/mol. The van der Waals surface area contributed by atoms with Crippen LogP contribution in [0.4, 0.5) is 14.9 Å². The predicted molar refractivity (Wildman–Crippen MR) is 148 cm³/mol. The Kier molecular flexibility index (Phi) is 7.56. The Balaban J connectivity index is 1.35. The van der Waals surface area contributed by atoms with Crippen LogP contribution in [-0.2, 0) is 9.47 Å². The minimum atomic E-state index is -1.25. The first-order valence-electron chi connectivity index (χ1n) is 13.1. The van der Waals surface area contributed by atoms with Gasteiger partial charge in [0.25, 0.3) is 0 Å². The molecule has 39 heavy (non-hydrogen) atoms. The van der Waals surface area contributed by atoms with E-state index < -0.39 is 23.9 Å². The number of carbonyl (C=O) groups excluding carboxylic acids is 1. The van der Waals surface area contributed by atoms with Crippen molar-refractivity contribution in [3.05, 3.63) is 54.9 Å². The van der Waals surface area contributed by atoms with E-state index in [2.05, 4.69) is 10.3 Å². The van der Waals surface area contributed by atoms with E-state index >= 15 is 4.39 Å². The lowest BCUT2D eigenvalue weighted by molar-refractivity contribution is 0.0125. The van der Waals surface area contributed by atoms with Crippen molar-refractivity contribution in [1.82, 2.24) is 19.3 Å². The highest BCUT2D eigenvalue weighted by atomic mass is 19.1. The van der Waals surface area contributed by atoms with Crippen LogP contribution in [0, 0.1) is 0 Å². The molecule has 0 unspecified atom stereocenters. The summed E-state index contributed by atoms with van der Waals surface area (Å²) in [4.78, 5) is 23.3. The third-order valence-electron chi connectivity index (χ3n) is 6.56. The highest BCUT2D eigenvalue weighted by Crippen LogP contribution is 2.29. The summed E-state index contributed by atoms with van der Waals surface area (Å²) in [6.45, 7) is 6.77. The number of amides is 1. The first kappa shape index (κ1) is 26.7. The summed E-state index contributed by atoms with van der Waals surface area (Å²) in [6, 6.07) is 13.1. The number of para-hydroxylation sites is 1. The summed E-state index contributed by atoms with van der Waals surface area (Å²) in [5, 5.41) is 4.30. The fraction of sp³-hybridized carbons (Fsp3) is 0.414. The number of benzene rings is 1. The minimum absolute atomic E-state index is 0.0188. The molecule has 1 amide bonds. The number of carbonyl (C=O) groups is 1. The molecule has 4 heterocycles. The first-order valence-corrected chi connectivity index (χ1v) is 13.1. The first-order chi connectivity index (χ1) is 18.7. The number of nitrogens with one attached hydrogen (secondary N) is 1. The van der Waals surface area contributed by atoms with Gasteiger partial charge in [-0.3, -0.25) is 4.40 Å². The van der Waals surface area contributed by atoms with Crippen LogP contribution in [0.1, 0.15) is 27.2 Å². The van der Waals surface area contributed by atoms with Crippen molar-refractivity contribution < 1.29 is 23.4 Å². The quantitative estimate of drug-likeness (QED) is 0.320. The lowest BCUT2D eigenvalue weighted by Gasteiger charge is -2.36. The van der Waals surface area contributed by atoms with Gasteiger partial charge in [0.15, 0.2) is 0 Å². The Hall–Kier alpha value is -3.92. The van der Waals surface area contributed by atoms with Gasteiger partial charge in [0, 0.05) is 31.3 Å². The van der Waals surface area contributed by atoms with E-state index in [0.29, 0.717) is 31.9 Å². The molecule has 1 aliphatic heterocycles. The molecule has 4 aromatic rings. The second-order valence-electron chi connectivity index (χ2n) is 10.6. The lowest BCUT2D eigenvalue weighted by Crippen LogP contribution is -2.51. The van der Waals surface area contributed by atoms with Gasteiger partial charge in [0.2, 0.25) is 0 Å². The number of piperidine rings is 1. The van der Waals surface area contributed by atoms with Gasteiger partial charge in [-0.2, -0.15) is 0 Å². The van der Waals surface area contributed by atoms with Crippen molar-refractivity contribution in [3.63, 3.8) is 0 Å². The highest BCUT2D eigenvalue weighted by molar-refractivity contribution is 5.92. The summed E-state index contributed by atoms with van der Waals surface area (Å²) < 4.78 is 33.3. The fourth-order valence-corrected chi connectivity index (χ4v) is 4.65. The number of alkyl halides is 1. The maximum Gasteiger partial charge on any atom is 0.410 e. The summed E-state index contributed by atoms with van der Waals surface area (Å²) >= 11 is 0. The van der Waals surface area contributed by atoms with Crippen molar-refractivity contribution in [2.24, 2.45) is 0 Å². The molecule has 1 N–H and O–H groups in total. The molecule has 1 aromatic carbocycles. The standard InChI is InChI=1S/C29H34FN5O4/c1-29(2,3)39-28(36)34-12-11-22(21(30)18-34)32-24-7-5-6-19-8-9-23(33-27(19)24)25-17-31-26-16-20(10-13-35(25)26)38-15-14-37-4/h5-10,13,16-17,21-22,32H,11-12,14-15,18H2,1-4H3/t21-,22+/m1/s1. The number of aromatic nitrogens is 3. The highest BCUT2D eigenvalue weighted by Gasteiger charge is 2.34. The van der Waals surface area contributed by atoms with E-state index in [-0.39, 0.29) is 6.54 Å². The molecule has 1 aliphatic rings. The third kappa shape index (κ3) is 6.06. The lowest BCUT2D eigenvalue weighted by atomic mass is 10.0. The molecule has 0 saturated carbocycles. The van der Waals surface area contributed by atoms with Crippen molar-refractivity contribution >= 4 is 28.3 Å². The zero-order valence-corrected chi connectivity index (χ0v) is 22.7. The number of anilines is 1. The Bertz CT molecular complexity index is 1470. The summed E-state index contributed by atoms with van der Waals surface area (Å²) in [5.41, 5.74) is 3.19. The van der Waals surface area contributed by atoms with Crippen LogP contribution in [0.3, 0.4) is 0 Å². The zero-order chi connectivity index (χ0) is 27.6. The molecule has 1 saturated heterocycles. The summed E-state index contributed by atoms with van der Waals surface area (Å²) in [6.07, 6.45) is 2.41. The number of methoxy groups -OCH3 is 1. The number of likely N-dealkylation sites (tertiary alicyclic amines) is 1. The summed E-state index contributed by atoms with van der Waals surface area (Å²) in [5.74, 6) is 0.716. The van der Waals surface area contributed by atoms with E-state index in [4.69, 9.17) is 19.2 Å². The van der Waals surface area contributed by atoms with Crippen molar-refractivity contribution in [1.29, 1.82) is 0 Å². The van der Waals surface area contributed by atoms with Crippen LogP contribution in [0.5, 0.6) is 5.75 Å². The third-order valence-corrected chi connectivity index (χ3v) is 6.56. The normalized spacial score (nSPS) is 17.9. The molecule has 3 aromatic heterocycles. The average Bonchev–Trinajstić information content (AvgIpc) is 3.32. The van der Waals surface area contributed by atoms with E-state index in [9.17, 15) is 4.79 Å². The molecule has 0 spiro atoms. The molecule has 9 nitrogen and oxygen atoms in total. The molecule has 0 aliphatic carbocycles. The van der Waals surface area contributed by atoms with Gasteiger partial charge >= 0.3 is 6.09 Å². The number of hydrogen-bond donors (Lipinski definition) is 1. The monoisotopic (exact) mass is 535 g/mol. The van der Waals surface area contributed by atoms with Gasteiger partial charge in [-0.1, -0.05) is 18.2 Å². The summed E-state index contributed by atoms with van der Waals surface area (Å²) in [7, 11) is 1.64. The van der Waals surface area contributed by atoms with Gasteiger partial charge in [0.05, 0.1) is 48.0 Å². The number of hydrogen-bond acceptors (Lipinski definition) is 7. The number of nitrogens with zero attached hydrogens (tertiary/aromatic N) is 4. The Morgan fingerprint density at radius 2 is 2.03 bits per heavy atom. The number of ether oxygens (including phenoxy) is 3. The molecule has 5 rings (SSSR count). The molecule has 0 bridgehead atoms. The van der Waals surface area contributed by atoms with Crippen LogP contribution >= 0.6 is 0 Å². The van der Waals surface area contributed by atoms with Gasteiger partial charge in [-0.25, -0.2) is 19.2 Å². The Morgan fingerprint density at radius 1 is 1.18 bits per heavy atom. The van der Waals surface area contributed by atoms with E-state index in [1.165, 1.54) is 4.90 Å². The number of fused-ring (bicyclic) bond motifs is 2. The van der Waals surface area contributed by atoms with Gasteiger partial charge in [-0.05, 0) is 45.4 Å². The topological polar surface area (TPSA) is 90.2 Å². The van der Waals surface area contributed by atoms with Crippen molar-refractivity contribution in [3.8, 4) is 17.1 Å². The zero-order valence-electron chi connectivity index (χ0n) is 22.7. The van der Waals surface area contributed by atoms with Crippen LogP contribution in [0.15, 0.2) is 54.9 Å². The molecule has 0 radical (unpaired) electrons. The number of rotatable bonds is 7. The molecule has 2 atom stereocenters. The van der Waals surface area contributed by atoms with Crippen LogP contribution in [0.25, 0.3) is 27.9 Å². The van der Waals surface area contributed by atoms with Crippen molar-refractivity contribution in [2.45, 2.75) is 45.0 Å². The smallest absolute Gasteiger partial charge is 0.410 e. The number of halogens is 1. The van der Waals surface area contributed by atoms with Crippen molar-refractivity contribution in [2.75, 3.05) is 38.7 Å². The largest absolute Gasteiger partial charge is 0.491 e. The molecule has 1 fully saturated rings. The van der Waals surface area contributed by atoms with Crippen LogP contribution in [0.2, 0.25) is 0 Å². The number of imidazole rings is 1. The van der Waals surface area contributed by atoms with E-state index in [0.717, 1.165) is 33.6 Å². The van der Waals surface area contributed by atoms with Crippen LogP contribution < -0.4 is 10.1 Å². The van der Waals surface area contributed by atoms with Crippen LogP contribution in [-0.4, -0.2) is 76.6 Å². The minimum Gasteiger partial charge on any atom is -0.491 e. The van der Waals surface area contributed by atoms with E-state index in [1.54, 1.807) is 34.1 Å². The maximum absolute atomic E-state index is 15.2. The van der Waals surface area contributed by atoms with Gasteiger partial charge in [-0.15, -0.1) is 0 Å². The SMILES string of the molecule is COCCOc1ccn2c(-c3ccc4cccc(N[C@H]5CCN(C(=O)OC(C)(C)C)C[C@H]5F)c4n3)cnc2c1. The predicted octanol–water partition coefficient (Wildman–Crippen LogP) is 5.33. The van der Waals surface area contributed by atoms with Gasteiger partial charge < -0.3 is 24.4 Å².